The van der Waals surface area contributed by atoms with Gasteiger partial charge in [-0.3, -0.25) is 10.1 Å². The molecule has 3 N–H and O–H groups in total. The normalized spacial score (nSPS) is 31.5. The second-order valence-corrected chi connectivity index (χ2v) is 11.1. The first-order valence-electron chi connectivity index (χ1n) is 11.2. The first kappa shape index (κ1) is 19.9. The lowest BCUT2D eigenvalue weighted by Gasteiger charge is -2.56. The number of thiazole rings is 1. The molecule has 6 nitrogen and oxygen atoms in total. The van der Waals surface area contributed by atoms with Crippen molar-refractivity contribution in [2.75, 3.05) is 7.05 Å². The maximum atomic E-state index is 12.7. The number of nitrogens with zero attached hydrogens (tertiary/aromatic N) is 1. The van der Waals surface area contributed by atoms with Crippen LogP contribution in [0.1, 0.15) is 50.5 Å². The SMILES string of the molecule is C[C@H](C(=O)NC(=O)NC12CC3CC(CC(C3)C1)C2)[NH+](C)Cc1nc2ccccc2s1. The second kappa shape index (κ2) is 7.61. The number of urea groups is 1. The van der Waals surface area contributed by atoms with E-state index in [1.807, 2.05) is 32.2 Å². The molecular weight excluding hydrogens is 396 g/mol. The van der Waals surface area contributed by atoms with Gasteiger partial charge in [0.05, 0.1) is 17.3 Å². The number of rotatable bonds is 5. The van der Waals surface area contributed by atoms with Gasteiger partial charge in [0.15, 0.2) is 6.04 Å². The number of nitrogens with one attached hydrogen (secondary N) is 3. The number of carbonyl (C=O) groups excluding carboxylic acids is 2. The molecule has 1 aromatic carbocycles. The molecule has 6 rings (SSSR count). The zero-order chi connectivity index (χ0) is 20.9. The van der Waals surface area contributed by atoms with Crippen molar-refractivity contribution in [3.05, 3.63) is 29.3 Å². The minimum absolute atomic E-state index is 0.0812. The van der Waals surface area contributed by atoms with Crippen LogP contribution >= 0.6 is 11.3 Å². The Morgan fingerprint density at radius 1 is 1.17 bits per heavy atom. The molecular formula is C23H31N4O2S+. The number of amides is 3. The molecule has 1 heterocycles. The van der Waals surface area contributed by atoms with Crippen LogP contribution in [0.25, 0.3) is 10.2 Å². The number of hydrogen-bond acceptors (Lipinski definition) is 4. The standard InChI is InChI=1S/C23H30N4O2S/c1-14(27(2)13-20-24-18-5-3-4-6-19(18)30-20)21(28)25-22(29)26-23-10-15-7-16(11-23)9-17(8-15)12-23/h3-6,14-17H,7-13H2,1-2H3,(H2,25,26,28,29)/p+1/t14-,15?,16?,17?,23?/m1/s1. The van der Waals surface area contributed by atoms with E-state index in [0.29, 0.717) is 6.54 Å². The van der Waals surface area contributed by atoms with E-state index in [1.54, 1.807) is 11.3 Å². The number of quaternary nitrogens is 1. The van der Waals surface area contributed by atoms with Crippen molar-refractivity contribution in [3.8, 4) is 0 Å². The predicted octanol–water partition coefficient (Wildman–Crippen LogP) is 2.49. The predicted molar refractivity (Wildman–Crippen MR) is 117 cm³/mol. The molecule has 0 radical (unpaired) electrons. The van der Waals surface area contributed by atoms with Gasteiger partial charge in [0.2, 0.25) is 0 Å². The van der Waals surface area contributed by atoms with Gasteiger partial charge in [-0.25, -0.2) is 9.78 Å². The van der Waals surface area contributed by atoms with E-state index in [4.69, 9.17) is 0 Å². The van der Waals surface area contributed by atoms with E-state index < -0.39 is 0 Å². The van der Waals surface area contributed by atoms with Crippen LogP contribution in [0, 0.1) is 17.8 Å². The van der Waals surface area contributed by atoms with Gasteiger partial charge in [-0.2, -0.15) is 0 Å². The number of carbonyl (C=O) groups is 2. The van der Waals surface area contributed by atoms with Gasteiger partial charge in [0.25, 0.3) is 5.91 Å². The van der Waals surface area contributed by atoms with Crippen molar-refractivity contribution in [1.29, 1.82) is 0 Å². The summed E-state index contributed by atoms with van der Waals surface area (Å²) in [6.07, 6.45) is 7.24. The van der Waals surface area contributed by atoms with E-state index in [1.165, 1.54) is 19.3 Å². The van der Waals surface area contributed by atoms with E-state index in [2.05, 4.69) is 21.7 Å². The summed E-state index contributed by atoms with van der Waals surface area (Å²) in [5, 5.41) is 6.85. The summed E-state index contributed by atoms with van der Waals surface area (Å²) in [6, 6.07) is 7.42. The molecule has 4 aliphatic rings. The summed E-state index contributed by atoms with van der Waals surface area (Å²) in [4.78, 5) is 31.1. The van der Waals surface area contributed by atoms with Gasteiger partial charge in [0.1, 0.15) is 11.6 Å². The summed E-state index contributed by atoms with van der Waals surface area (Å²) in [5.41, 5.74) is 0.916. The molecule has 1 unspecified atom stereocenters. The van der Waals surface area contributed by atoms with Gasteiger partial charge in [-0.15, -0.1) is 11.3 Å². The highest BCUT2D eigenvalue weighted by atomic mass is 32.1. The van der Waals surface area contributed by atoms with Crippen molar-refractivity contribution in [3.63, 3.8) is 0 Å². The topological polar surface area (TPSA) is 75.5 Å². The van der Waals surface area contributed by atoms with Crippen LogP contribution < -0.4 is 15.5 Å². The van der Waals surface area contributed by atoms with Crippen LogP contribution in [-0.4, -0.2) is 35.6 Å². The van der Waals surface area contributed by atoms with Gasteiger partial charge >= 0.3 is 6.03 Å². The highest BCUT2D eigenvalue weighted by Gasteiger charge is 2.51. The first-order chi connectivity index (χ1) is 14.4. The summed E-state index contributed by atoms with van der Waals surface area (Å²) in [6.45, 7) is 2.53. The molecule has 4 fully saturated rings. The molecule has 1 aromatic heterocycles. The lowest BCUT2D eigenvalue weighted by atomic mass is 9.53. The van der Waals surface area contributed by atoms with Crippen molar-refractivity contribution in [1.82, 2.24) is 15.6 Å². The minimum Gasteiger partial charge on any atom is -0.332 e. The summed E-state index contributed by atoms with van der Waals surface area (Å²) >= 11 is 1.66. The fraction of sp³-hybridized carbons (Fsp3) is 0.609. The highest BCUT2D eigenvalue weighted by molar-refractivity contribution is 7.18. The average Bonchev–Trinajstić information content (AvgIpc) is 3.07. The molecule has 3 amide bonds. The Balaban J connectivity index is 1.17. The van der Waals surface area contributed by atoms with Crippen LogP contribution in [0.4, 0.5) is 4.79 Å². The minimum atomic E-state index is -0.334. The lowest BCUT2D eigenvalue weighted by molar-refractivity contribution is -0.908. The van der Waals surface area contributed by atoms with E-state index >= 15 is 0 Å². The van der Waals surface area contributed by atoms with Crippen LogP contribution in [0.5, 0.6) is 0 Å². The van der Waals surface area contributed by atoms with Crippen molar-refractivity contribution in [2.45, 2.75) is 63.6 Å². The van der Waals surface area contributed by atoms with Crippen LogP contribution in [-0.2, 0) is 11.3 Å². The van der Waals surface area contributed by atoms with Gasteiger partial charge in [-0.05, 0) is 75.3 Å². The molecule has 30 heavy (non-hydrogen) atoms. The molecule has 4 bridgehead atoms. The summed E-state index contributed by atoms with van der Waals surface area (Å²) in [7, 11) is 1.98. The average molecular weight is 428 g/mol. The number of imide groups is 1. The van der Waals surface area contributed by atoms with E-state index in [-0.39, 0.29) is 23.5 Å². The molecule has 0 spiro atoms. The monoisotopic (exact) mass is 427 g/mol. The largest absolute Gasteiger partial charge is 0.332 e. The Labute approximate surface area is 181 Å². The summed E-state index contributed by atoms with van der Waals surface area (Å²) in [5.74, 6) is 2.05. The number of para-hydroxylation sites is 1. The van der Waals surface area contributed by atoms with Crippen molar-refractivity contribution >= 4 is 33.5 Å². The first-order valence-corrected chi connectivity index (χ1v) is 12.0. The van der Waals surface area contributed by atoms with Crippen LogP contribution in [0.15, 0.2) is 24.3 Å². The fourth-order valence-corrected chi connectivity index (χ4v) is 7.43. The Morgan fingerprint density at radius 3 is 2.43 bits per heavy atom. The lowest BCUT2D eigenvalue weighted by Crippen LogP contribution is -3.12. The number of likely N-dealkylation sites (N-methyl/N-ethyl adjacent to an activating group) is 1. The van der Waals surface area contributed by atoms with Crippen LogP contribution in [0.2, 0.25) is 0 Å². The Hall–Kier alpha value is -1.99. The zero-order valence-corrected chi connectivity index (χ0v) is 18.6. The maximum Gasteiger partial charge on any atom is 0.322 e. The second-order valence-electron chi connectivity index (χ2n) is 9.96. The fourth-order valence-electron chi connectivity index (χ4n) is 6.37. The Kier molecular flexibility index (Phi) is 5.06. The zero-order valence-electron chi connectivity index (χ0n) is 17.7. The number of aromatic nitrogens is 1. The van der Waals surface area contributed by atoms with Crippen molar-refractivity contribution < 1.29 is 14.5 Å². The molecule has 0 aliphatic heterocycles. The molecule has 160 valence electrons. The third kappa shape index (κ3) is 3.85. The molecule has 0 saturated heterocycles. The molecule has 2 atom stereocenters. The molecule has 2 aromatic rings. The smallest absolute Gasteiger partial charge is 0.322 e. The van der Waals surface area contributed by atoms with Gasteiger partial charge < -0.3 is 10.2 Å². The molecule has 7 heteroatoms. The summed E-state index contributed by atoms with van der Waals surface area (Å²) < 4.78 is 1.16. The third-order valence-electron chi connectivity index (χ3n) is 7.55. The van der Waals surface area contributed by atoms with E-state index in [0.717, 1.165) is 57.1 Å². The highest BCUT2D eigenvalue weighted by Crippen LogP contribution is 2.55. The molecule has 4 saturated carbocycles. The molecule has 4 aliphatic carbocycles. The van der Waals surface area contributed by atoms with Crippen molar-refractivity contribution in [2.24, 2.45) is 17.8 Å². The maximum absolute atomic E-state index is 12.7. The Bertz CT molecular complexity index is 903. The van der Waals surface area contributed by atoms with Gasteiger partial charge in [0, 0.05) is 5.54 Å². The van der Waals surface area contributed by atoms with E-state index in [9.17, 15) is 9.59 Å². The van der Waals surface area contributed by atoms with Gasteiger partial charge in [-0.1, -0.05) is 12.1 Å². The van der Waals surface area contributed by atoms with Crippen LogP contribution in [0.3, 0.4) is 0 Å². The number of fused-ring (bicyclic) bond motifs is 1. The number of hydrogen-bond donors (Lipinski definition) is 3. The Morgan fingerprint density at radius 2 is 1.80 bits per heavy atom. The number of benzene rings is 1. The third-order valence-corrected chi connectivity index (χ3v) is 8.59. The quantitative estimate of drug-likeness (QED) is 0.686.